The van der Waals surface area contributed by atoms with Gasteiger partial charge >= 0.3 is 454 Å². The number of hydrogen-bond donors (Lipinski definition) is 0. The quantitative estimate of drug-likeness (QED) is 0.113. The molecular weight excluding hydrogens is 1070 g/mol. The molecule has 0 fully saturated rings. The fourth-order valence-corrected chi connectivity index (χ4v) is 48.2. The molecule has 2 atom stereocenters. The summed E-state index contributed by atoms with van der Waals surface area (Å²) < 4.78 is -0.131. The molecule has 0 spiro atoms. The molecule has 0 nitrogen and oxygen atoms in total. The van der Waals surface area contributed by atoms with Crippen LogP contribution in [-0.2, 0) is 15.6 Å². The molecule has 0 saturated heterocycles. The molecule has 0 aliphatic heterocycles. The number of halogens is 2. The van der Waals surface area contributed by atoms with E-state index in [1.165, 1.54) is 98.7 Å². The molecule has 2 aliphatic rings. The van der Waals surface area contributed by atoms with Crippen molar-refractivity contribution in [3.05, 3.63) is 155 Å². The zero-order valence-corrected chi connectivity index (χ0v) is 56.8. The van der Waals surface area contributed by atoms with Crippen molar-refractivity contribution >= 4 is 88.1 Å². The molecule has 0 aromatic heterocycles. The van der Waals surface area contributed by atoms with E-state index >= 15 is 0 Å². The molecule has 0 radical (unpaired) electrons. The monoisotopic (exact) mass is 1150 g/mol. The summed E-state index contributed by atoms with van der Waals surface area (Å²) in [7, 11) is 12.0. The fourth-order valence-electron chi connectivity index (χ4n) is 11.8. The van der Waals surface area contributed by atoms with Gasteiger partial charge < -0.3 is 0 Å². The van der Waals surface area contributed by atoms with Gasteiger partial charge in [0.05, 0.1) is 0 Å². The molecular formula is C64H85Cl2Si5Zr. The number of rotatable bonds is 11. The first-order chi connectivity index (χ1) is 33.0. The van der Waals surface area contributed by atoms with Crippen LogP contribution in [-0.4, -0.2) is 38.2 Å². The third-order valence-corrected chi connectivity index (χ3v) is 76.1. The third kappa shape index (κ3) is 10.1. The summed E-state index contributed by atoms with van der Waals surface area (Å²) in [4.78, 5) is 0. The number of hydrogen-bond acceptors (Lipinski definition) is 0. The first-order valence-electron chi connectivity index (χ1n) is 26.8. The predicted molar refractivity (Wildman–Crippen MR) is 337 cm³/mol. The van der Waals surface area contributed by atoms with Gasteiger partial charge in [0.2, 0.25) is 0 Å². The van der Waals surface area contributed by atoms with Gasteiger partial charge in [0.15, 0.2) is 0 Å². The first-order valence-corrected chi connectivity index (χ1v) is 57.1. The van der Waals surface area contributed by atoms with E-state index in [9.17, 15) is 17.0 Å². The number of fused-ring (bicyclic) bond motifs is 2. The Morgan fingerprint density at radius 2 is 0.694 bits per heavy atom. The predicted octanol–water partition coefficient (Wildman–Crippen LogP) is 18.2. The zero-order chi connectivity index (χ0) is 53.1. The average Bonchev–Trinajstić information content (AvgIpc) is 3.90. The zero-order valence-electron chi connectivity index (χ0n) is 47.7. The van der Waals surface area contributed by atoms with Crippen LogP contribution in [0.1, 0.15) is 71.0 Å². The van der Waals surface area contributed by atoms with Crippen molar-refractivity contribution < 1.29 is 15.6 Å². The number of benzene rings is 6. The molecule has 0 bridgehead atoms. The van der Waals surface area contributed by atoms with E-state index in [0.29, 0.717) is 0 Å². The molecule has 0 amide bonds. The van der Waals surface area contributed by atoms with Crippen molar-refractivity contribution in [3.63, 3.8) is 0 Å². The Morgan fingerprint density at radius 3 is 0.944 bits per heavy atom. The van der Waals surface area contributed by atoms with E-state index in [1.807, 2.05) is 0 Å². The van der Waals surface area contributed by atoms with Crippen molar-refractivity contribution in [2.24, 2.45) is 10.8 Å². The second kappa shape index (κ2) is 18.8. The molecule has 2 unspecified atom stereocenters. The van der Waals surface area contributed by atoms with Gasteiger partial charge in [-0.05, 0) is 0 Å². The van der Waals surface area contributed by atoms with Gasteiger partial charge in [0.25, 0.3) is 0 Å². The normalized spacial score (nSPS) is 17.3. The van der Waals surface area contributed by atoms with Crippen LogP contribution in [0.2, 0.25) is 91.7 Å². The summed E-state index contributed by atoms with van der Waals surface area (Å²) in [6, 6.07) is 47.6. The van der Waals surface area contributed by atoms with E-state index in [4.69, 9.17) is 0 Å². The van der Waals surface area contributed by atoms with Crippen LogP contribution in [0, 0.1) is 10.8 Å². The Balaban J connectivity index is 1.50. The summed E-state index contributed by atoms with van der Waals surface area (Å²) in [6.45, 7) is 49.6. The molecule has 6 aromatic rings. The SMILES string of the molecule is C[SiH](C)[Zr]([Cl])([Cl])([CH]1C(C(C)(C)C)=Cc2c1ccc(-c1ccccc1)c2-c1cc([Si](C)(C)C)cc([Si](C)(C)C)c1)[CH]1C(C(C)(C)C)=Cc2c1ccc(-c1ccccc1)c2-c1cc([Si](C)(C)C)cc([Si](C)(C)C)c1. The second-order valence-corrected chi connectivity index (χ2v) is 91.1. The van der Waals surface area contributed by atoms with Gasteiger partial charge in [-0.2, -0.15) is 0 Å². The molecule has 379 valence electrons. The van der Waals surface area contributed by atoms with Crippen molar-refractivity contribution in [1.29, 1.82) is 0 Å². The van der Waals surface area contributed by atoms with E-state index in [-0.39, 0.29) is 18.1 Å². The summed E-state index contributed by atoms with van der Waals surface area (Å²) in [5.74, 6) is -1.93. The molecule has 0 N–H and O–H groups in total. The summed E-state index contributed by atoms with van der Waals surface area (Å²) >= 11 is -5.39. The van der Waals surface area contributed by atoms with Crippen LogP contribution in [0.15, 0.2) is 132 Å². The van der Waals surface area contributed by atoms with Gasteiger partial charge in [-0.25, -0.2) is 0 Å². The van der Waals surface area contributed by atoms with Crippen LogP contribution >= 0.6 is 17.0 Å². The second-order valence-electron chi connectivity index (χ2n) is 28.3. The van der Waals surface area contributed by atoms with E-state index in [2.05, 4.69) is 267 Å². The standard InChI is InChI=1S/2C31H39Si2.C2H7Si.2ClH.Zr/c2*1-31(2,3)25-17-23-15-16-28(22-13-11-10-12-14-22)30(29(23)20-25)24-18-26(32(4,5)6)21-27(19-24)33(7,8)9;1-3-2;;;/h2*10-21H,1-9H3;3H,1-2H3;2*1H;/q;;;;;+2/p-2. The summed E-state index contributed by atoms with van der Waals surface area (Å²) in [6.07, 6.45) is 5.23. The minimum atomic E-state index is -5.39. The van der Waals surface area contributed by atoms with E-state index in [1.54, 1.807) is 0 Å². The molecule has 72 heavy (non-hydrogen) atoms. The number of allylic oxidation sites excluding steroid dienone is 2. The van der Waals surface area contributed by atoms with Crippen LogP contribution < -0.4 is 20.7 Å². The Hall–Kier alpha value is -2.65. The molecule has 8 heteroatoms. The Labute approximate surface area is 450 Å². The van der Waals surface area contributed by atoms with E-state index < -0.39 is 53.8 Å². The average molecular weight is 1160 g/mol. The van der Waals surface area contributed by atoms with Crippen LogP contribution in [0.4, 0.5) is 0 Å². The van der Waals surface area contributed by atoms with Crippen molar-refractivity contribution in [3.8, 4) is 44.5 Å². The minimum absolute atomic E-state index is 0.0655. The Morgan fingerprint density at radius 1 is 0.403 bits per heavy atom. The van der Waals surface area contributed by atoms with Crippen molar-refractivity contribution in [2.45, 2.75) is 140 Å². The van der Waals surface area contributed by atoms with E-state index in [0.717, 1.165) is 0 Å². The summed E-state index contributed by atoms with van der Waals surface area (Å²) in [5.41, 5.74) is 18.2. The maximum absolute atomic E-state index is 9.43. The van der Waals surface area contributed by atoms with Gasteiger partial charge in [-0.3, -0.25) is 0 Å². The maximum atomic E-state index is 9.43. The van der Waals surface area contributed by atoms with Gasteiger partial charge in [0.1, 0.15) is 0 Å². The molecule has 8 rings (SSSR count). The van der Waals surface area contributed by atoms with Gasteiger partial charge in [0, 0.05) is 0 Å². The van der Waals surface area contributed by atoms with Crippen LogP contribution in [0.25, 0.3) is 56.7 Å². The van der Waals surface area contributed by atoms with Crippen LogP contribution in [0.3, 0.4) is 0 Å². The Bertz CT molecular complexity index is 2870. The van der Waals surface area contributed by atoms with Gasteiger partial charge in [-0.1, -0.05) is 0 Å². The van der Waals surface area contributed by atoms with Crippen LogP contribution in [0.5, 0.6) is 0 Å². The van der Waals surface area contributed by atoms with Crippen molar-refractivity contribution in [1.82, 2.24) is 0 Å². The van der Waals surface area contributed by atoms with Crippen molar-refractivity contribution in [2.75, 3.05) is 0 Å². The third-order valence-electron chi connectivity index (χ3n) is 16.4. The molecule has 0 heterocycles. The molecule has 6 aromatic carbocycles. The fraction of sp³-hybridized carbons (Fsp3) is 0.375. The molecule has 2 aliphatic carbocycles. The Kier molecular flexibility index (Phi) is 14.5. The first kappa shape index (κ1) is 55.6. The topological polar surface area (TPSA) is 0 Å². The molecule has 0 saturated carbocycles. The van der Waals surface area contributed by atoms with Gasteiger partial charge in [-0.15, -0.1) is 0 Å². The summed E-state index contributed by atoms with van der Waals surface area (Å²) in [5, 5.41) is 6.11.